The van der Waals surface area contributed by atoms with Gasteiger partial charge in [-0.05, 0) is 54.8 Å². The van der Waals surface area contributed by atoms with Gasteiger partial charge in [0.2, 0.25) is 81.5 Å². The second-order valence-electron chi connectivity index (χ2n) is 23.7. The smallest absolute Gasteiger partial charge is 0.334 e. The Balaban J connectivity index is 0.000000176. The van der Waals surface area contributed by atoms with Crippen molar-refractivity contribution in [1.29, 1.82) is 0 Å². The first-order valence-corrected chi connectivity index (χ1v) is 31.4. The van der Waals surface area contributed by atoms with Gasteiger partial charge in [0.15, 0.2) is 0 Å². The number of unbranched alkanes of at least 4 members (excludes halogenated alkanes) is 12. The molecule has 24 heteroatoms. The average molecular weight is 1300 g/mol. The van der Waals surface area contributed by atoms with E-state index in [0.29, 0.717) is 37.2 Å². The number of carbonyl (C=O) groups is 5. The summed E-state index contributed by atoms with van der Waals surface area (Å²) in [6, 6.07) is 19.6. The van der Waals surface area contributed by atoms with Gasteiger partial charge in [-0.15, -0.1) is 0 Å². The zero-order chi connectivity index (χ0) is 66.8. The van der Waals surface area contributed by atoms with Gasteiger partial charge in [0.1, 0.15) is 18.1 Å². The summed E-state index contributed by atoms with van der Waals surface area (Å²) in [6.07, 6.45) is 14.6. The zero-order valence-corrected chi connectivity index (χ0v) is 51.6. The van der Waals surface area contributed by atoms with Crippen LogP contribution in [0.5, 0.6) is 11.5 Å². The van der Waals surface area contributed by atoms with E-state index in [1.165, 1.54) is 9.80 Å². The summed E-state index contributed by atoms with van der Waals surface area (Å²) >= 11 is 0. The molecule has 14 nitrogen and oxygen atoms in total. The van der Waals surface area contributed by atoms with Crippen LogP contribution < -0.4 is 9.47 Å². The Kier molecular flexibility index (Phi) is 22.8. The van der Waals surface area contributed by atoms with Crippen LogP contribution in [-0.2, 0) is 62.9 Å². The topological polar surface area (TPSA) is 181 Å². The SMILES string of the molecule is CCCCCCCCCC(=O)N1Cc2[nH]c3ccccc3c2CC1C(=O)Oc1c(F)c(F)c(F)c(F)c1F.CCCCCCCCCC(=O)N1Cc2[nH]c3ccccc3c2CC1C(=O)Oc1c(F)c(F)c(F)c(F)c1F.CN1Cc2[nH]c3ccccc3c2CC1C(=O)O. The predicted octanol–water partition coefficient (Wildman–Crippen LogP) is 15.3. The molecule has 3 aromatic heterocycles. The average Bonchev–Trinajstić information content (AvgIpc) is 1.76. The number of aromatic nitrogens is 3. The van der Waals surface area contributed by atoms with Crippen molar-refractivity contribution in [3.8, 4) is 11.5 Å². The van der Waals surface area contributed by atoms with E-state index < -0.39 is 106 Å². The summed E-state index contributed by atoms with van der Waals surface area (Å²) in [6.45, 7) is 4.94. The number of likely N-dealkylation sites (N-methyl/N-ethyl adjacent to an activating group) is 1. The number of benzene rings is 5. The summed E-state index contributed by atoms with van der Waals surface area (Å²) < 4.78 is 148. The van der Waals surface area contributed by atoms with Crippen molar-refractivity contribution in [3.05, 3.63) is 165 Å². The minimum Gasteiger partial charge on any atom is -0.480 e. The second kappa shape index (κ2) is 30.8. The van der Waals surface area contributed by atoms with Crippen molar-refractivity contribution in [3.63, 3.8) is 0 Å². The third kappa shape index (κ3) is 15.2. The lowest BCUT2D eigenvalue weighted by molar-refractivity contribution is -0.149. The lowest BCUT2D eigenvalue weighted by Crippen LogP contribution is -2.50. The third-order valence-electron chi connectivity index (χ3n) is 17.5. The molecule has 8 aromatic rings. The van der Waals surface area contributed by atoms with Crippen LogP contribution >= 0.6 is 0 Å². The molecule has 0 saturated heterocycles. The number of rotatable bonds is 21. The molecule has 0 saturated carbocycles. The van der Waals surface area contributed by atoms with Gasteiger partial charge in [0.05, 0.1) is 13.1 Å². The summed E-state index contributed by atoms with van der Waals surface area (Å²) in [7, 11) is 1.85. The molecule has 0 spiro atoms. The van der Waals surface area contributed by atoms with Gasteiger partial charge in [0.25, 0.3) is 0 Å². The molecule has 11 rings (SSSR count). The van der Waals surface area contributed by atoms with E-state index in [-0.39, 0.29) is 50.6 Å². The van der Waals surface area contributed by atoms with Crippen LogP contribution in [-0.4, -0.2) is 89.7 Å². The first-order valence-electron chi connectivity index (χ1n) is 31.4. The van der Waals surface area contributed by atoms with Gasteiger partial charge in [0, 0.05) is 88.4 Å². The molecule has 0 aliphatic carbocycles. The number of hydrogen-bond donors (Lipinski definition) is 4. The van der Waals surface area contributed by atoms with E-state index in [1.54, 1.807) is 12.1 Å². The van der Waals surface area contributed by atoms with E-state index in [4.69, 9.17) is 9.47 Å². The first-order chi connectivity index (χ1) is 44.6. The number of amides is 2. The van der Waals surface area contributed by atoms with Gasteiger partial charge in [-0.25, -0.2) is 35.9 Å². The van der Waals surface area contributed by atoms with Crippen molar-refractivity contribution in [2.75, 3.05) is 7.05 Å². The molecule has 3 aliphatic rings. The van der Waals surface area contributed by atoms with E-state index in [0.717, 1.165) is 132 Å². The second-order valence-corrected chi connectivity index (χ2v) is 23.7. The lowest BCUT2D eigenvalue weighted by Gasteiger charge is -2.34. The molecule has 2 amide bonds. The molecule has 3 atom stereocenters. The fourth-order valence-electron chi connectivity index (χ4n) is 12.4. The number of aliphatic carboxylic acids is 1. The lowest BCUT2D eigenvalue weighted by atomic mass is 9.96. The van der Waals surface area contributed by atoms with Crippen molar-refractivity contribution >= 4 is 62.4 Å². The number of hydrogen-bond acceptors (Lipinski definition) is 8. The number of esters is 2. The molecule has 93 heavy (non-hydrogen) atoms. The van der Waals surface area contributed by atoms with Crippen LogP contribution in [0, 0.1) is 58.2 Å². The van der Waals surface area contributed by atoms with E-state index >= 15 is 0 Å². The first kappa shape index (κ1) is 68.7. The molecule has 0 bridgehead atoms. The number of carboxylic acid groups (broad SMARTS) is 1. The summed E-state index contributed by atoms with van der Waals surface area (Å²) in [5.74, 6) is -30.0. The normalized spacial score (nSPS) is 16.1. The van der Waals surface area contributed by atoms with Crippen LogP contribution in [0.2, 0.25) is 0 Å². The Labute approximate surface area is 529 Å². The fraction of sp³-hybridized carbons (Fsp3) is 0.406. The number of carbonyl (C=O) groups excluding carboxylic acids is 4. The predicted molar refractivity (Wildman–Crippen MR) is 327 cm³/mol. The number of aromatic amines is 3. The largest absolute Gasteiger partial charge is 0.480 e. The van der Waals surface area contributed by atoms with Crippen LogP contribution in [0.3, 0.4) is 0 Å². The fourth-order valence-corrected chi connectivity index (χ4v) is 12.4. The minimum absolute atomic E-state index is 0.0101. The maximum atomic E-state index is 14.2. The van der Waals surface area contributed by atoms with Crippen molar-refractivity contribution < 1.29 is 82.5 Å². The summed E-state index contributed by atoms with van der Waals surface area (Å²) in [4.78, 5) is 78.1. The maximum Gasteiger partial charge on any atom is 0.334 e. The van der Waals surface area contributed by atoms with Gasteiger partial charge < -0.3 is 39.3 Å². The molecule has 5 aromatic carbocycles. The highest BCUT2D eigenvalue weighted by atomic mass is 19.2. The Hall–Kier alpha value is -8.67. The van der Waals surface area contributed by atoms with E-state index in [2.05, 4.69) is 34.9 Å². The highest BCUT2D eigenvalue weighted by Crippen LogP contribution is 2.37. The van der Waals surface area contributed by atoms with Gasteiger partial charge in [-0.1, -0.05) is 145 Å². The van der Waals surface area contributed by atoms with Crippen LogP contribution in [0.25, 0.3) is 32.7 Å². The van der Waals surface area contributed by atoms with Crippen LogP contribution in [0.4, 0.5) is 43.9 Å². The summed E-state index contributed by atoms with van der Waals surface area (Å²) in [5.41, 5.74) is 7.82. The molecule has 3 aliphatic heterocycles. The number of H-pyrrole nitrogens is 3. The van der Waals surface area contributed by atoms with E-state index in [1.807, 2.05) is 66.5 Å². The van der Waals surface area contributed by atoms with Crippen molar-refractivity contribution in [2.24, 2.45) is 0 Å². The molecule has 0 fully saturated rings. The number of fused-ring (bicyclic) bond motifs is 9. The Morgan fingerprint density at radius 1 is 0.419 bits per heavy atom. The van der Waals surface area contributed by atoms with Gasteiger partial charge >= 0.3 is 17.9 Å². The van der Waals surface area contributed by atoms with Crippen molar-refractivity contribution in [1.82, 2.24) is 29.7 Å². The quantitative estimate of drug-likeness (QED) is 0.0136. The monoisotopic (exact) mass is 1300 g/mol. The third-order valence-corrected chi connectivity index (χ3v) is 17.5. The Morgan fingerprint density at radius 3 is 1.04 bits per heavy atom. The summed E-state index contributed by atoms with van der Waals surface area (Å²) in [5, 5.41) is 11.9. The number of para-hydroxylation sites is 3. The molecule has 496 valence electrons. The number of carboxylic acids is 1. The van der Waals surface area contributed by atoms with Gasteiger partial charge in [-0.2, -0.15) is 17.6 Å². The zero-order valence-electron chi connectivity index (χ0n) is 51.6. The number of nitrogens with zero attached hydrogens (tertiary/aromatic N) is 3. The molecule has 4 N–H and O–H groups in total. The molecular formula is C69H72F10N6O8. The highest BCUT2D eigenvalue weighted by molar-refractivity contribution is 5.92. The Morgan fingerprint density at radius 2 is 0.710 bits per heavy atom. The maximum absolute atomic E-state index is 14.2. The molecular weight excluding hydrogens is 1230 g/mol. The molecule has 6 heterocycles. The van der Waals surface area contributed by atoms with Crippen LogP contribution in [0.1, 0.15) is 150 Å². The van der Waals surface area contributed by atoms with Crippen molar-refractivity contribution in [2.45, 2.75) is 174 Å². The number of halogens is 10. The minimum atomic E-state index is -2.35. The molecule has 3 unspecified atom stereocenters. The van der Waals surface area contributed by atoms with Crippen LogP contribution in [0.15, 0.2) is 72.8 Å². The highest BCUT2D eigenvalue weighted by Gasteiger charge is 2.42. The van der Waals surface area contributed by atoms with Gasteiger partial charge in [-0.3, -0.25) is 19.3 Å². The molecule has 0 radical (unpaired) electrons. The number of nitrogens with one attached hydrogen (secondary N) is 3. The standard InChI is InChI=1S/2C28H29F5N2O3.C13H14N2O2/c2*1-2-3-4-5-6-7-8-13-21(36)35-15-19-17(16-11-9-10-12-18(16)34-19)14-20(35)28(37)38-27-25(32)23(30)22(29)24(31)26(27)33;1-15-7-11-9(6-12(15)13(16)17)8-4-2-3-5-10(8)14-11/h2*9-12,20,34H,2-8,13-15H2,1H3;2-5,12,14H,6-7H2,1H3,(H,16,17). The number of ether oxygens (including phenoxy) is 2. The van der Waals surface area contributed by atoms with E-state index in [9.17, 15) is 73.0 Å². The Bertz CT molecular complexity index is 3790.